The second-order valence-corrected chi connectivity index (χ2v) is 8.61. The molecule has 1 aliphatic heterocycles. The number of anilines is 1. The van der Waals surface area contributed by atoms with E-state index in [0.29, 0.717) is 11.2 Å². The van der Waals surface area contributed by atoms with Gasteiger partial charge >= 0.3 is 6.03 Å². The first-order chi connectivity index (χ1) is 15.1. The molecule has 1 fully saturated rings. The van der Waals surface area contributed by atoms with E-state index < -0.39 is 6.03 Å². The largest absolute Gasteiger partial charge is 0.487 e. The molecule has 0 radical (unpaired) electrons. The highest BCUT2D eigenvalue weighted by Crippen LogP contribution is 2.43. The van der Waals surface area contributed by atoms with Crippen molar-refractivity contribution in [1.29, 1.82) is 0 Å². The van der Waals surface area contributed by atoms with Crippen LogP contribution < -0.4 is 21.0 Å². The molecule has 1 aromatic heterocycles. The fourth-order valence-corrected chi connectivity index (χ4v) is 4.73. The van der Waals surface area contributed by atoms with Crippen LogP contribution in [0.2, 0.25) is 0 Å². The van der Waals surface area contributed by atoms with Crippen molar-refractivity contribution in [1.82, 2.24) is 5.43 Å². The number of ether oxygens (including phenoxy) is 1. The van der Waals surface area contributed by atoms with E-state index in [1.54, 1.807) is 0 Å². The number of urea groups is 1. The molecule has 160 valence electrons. The summed E-state index contributed by atoms with van der Waals surface area (Å²) >= 11 is 0. The normalized spacial score (nSPS) is 17.8. The van der Waals surface area contributed by atoms with Gasteiger partial charge in [0.15, 0.2) is 0 Å². The standard InChI is InChI=1S/C25H27N3O3/c1-17-14-23(27-28-24(29)26-19-8-4-2-5-9-19)30-22-16-21-18(15-20(17)22)10-13-25(31-21)11-6-3-7-12-25/h2,4-5,8-9,14-16H,3,6-7,10-13H2,1H3,(H2,26,28,29)/b27-23-. The summed E-state index contributed by atoms with van der Waals surface area (Å²) in [5.41, 5.74) is 6.54. The Balaban J connectivity index is 1.40. The fourth-order valence-electron chi connectivity index (χ4n) is 4.73. The summed E-state index contributed by atoms with van der Waals surface area (Å²) in [5.74, 6) is 0.927. The van der Waals surface area contributed by atoms with Gasteiger partial charge in [-0.25, -0.2) is 10.2 Å². The van der Waals surface area contributed by atoms with E-state index >= 15 is 0 Å². The molecule has 2 aliphatic rings. The van der Waals surface area contributed by atoms with Crippen molar-refractivity contribution in [3.63, 3.8) is 0 Å². The average molecular weight is 418 g/mol. The third-order valence-electron chi connectivity index (χ3n) is 6.38. The molecule has 0 saturated heterocycles. The highest BCUT2D eigenvalue weighted by Gasteiger charge is 2.37. The first kappa shape index (κ1) is 19.7. The van der Waals surface area contributed by atoms with Gasteiger partial charge in [-0.3, -0.25) is 0 Å². The lowest BCUT2D eigenvalue weighted by Gasteiger charge is -2.41. The number of nitrogens with zero attached hydrogens (tertiary/aromatic N) is 1. The highest BCUT2D eigenvalue weighted by atomic mass is 16.5. The van der Waals surface area contributed by atoms with E-state index in [9.17, 15) is 4.79 Å². The molecule has 5 rings (SSSR count). The molecule has 2 amide bonds. The van der Waals surface area contributed by atoms with Crippen molar-refractivity contribution in [2.24, 2.45) is 5.10 Å². The summed E-state index contributed by atoms with van der Waals surface area (Å²) in [6, 6.07) is 14.8. The summed E-state index contributed by atoms with van der Waals surface area (Å²) in [6.45, 7) is 2.03. The molecular weight excluding hydrogens is 390 g/mol. The Bertz CT molecular complexity index is 1180. The number of aryl methyl sites for hydroxylation is 2. The van der Waals surface area contributed by atoms with E-state index in [0.717, 1.165) is 48.0 Å². The minimum atomic E-state index is -0.424. The van der Waals surface area contributed by atoms with Crippen molar-refractivity contribution in [2.45, 2.75) is 57.5 Å². The highest BCUT2D eigenvalue weighted by molar-refractivity contribution is 5.88. The number of carbonyl (C=O) groups is 1. The number of para-hydroxylation sites is 1. The minimum absolute atomic E-state index is 0.00691. The second-order valence-electron chi connectivity index (χ2n) is 8.61. The number of rotatable bonds is 2. The predicted molar refractivity (Wildman–Crippen MR) is 120 cm³/mol. The van der Waals surface area contributed by atoms with Gasteiger partial charge in [0.2, 0.25) is 5.55 Å². The van der Waals surface area contributed by atoms with Crippen molar-refractivity contribution in [3.05, 3.63) is 65.2 Å². The maximum Gasteiger partial charge on any atom is 0.339 e. The fraction of sp³-hybridized carbons (Fsp3) is 0.360. The number of hydrogen-bond acceptors (Lipinski definition) is 4. The maximum absolute atomic E-state index is 12.1. The van der Waals surface area contributed by atoms with Gasteiger partial charge in [-0.15, -0.1) is 5.10 Å². The van der Waals surface area contributed by atoms with E-state index in [-0.39, 0.29) is 5.60 Å². The van der Waals surface area contributed by atoms with E-state index in [4.69, 9.17) is 9.15 Å². The quantitative estimate of drug-likeness (QED) is 0.548. The van der Waals surface area contributed by atoms with Crippen molar-refractivity contribution in [3.8, 4) is 5.75 Å². The minimum Gasteiger partial charge on any atom is -0.487 e. The molecule has 3 aromatic rings. The molecule has 0 unspecified atom stereocenters. The van der Waals surface area contributed by atoms with Gasteiger partial charge in [0, 0.05) is 23.2 Å². The van der Waals surface area contributed by atoms with Gasteiger partial charge in [-0.2, -0.15) is 0 Å². The Labute approximate surface area is 181 Å². The number of nitrogens with one attached hydrogen (secondary N) is 2. The Hall–Kier alpha value is -3.28. The predicted octanol–water partition coefficient (Wildman–Crippen LogP) is 5.41. The van der Waals surface area contributed by atoms with Crippen molar-refractivity contribution < 1.29 is 13.9 Å². The number of fused-ring (bicyclic) bond motifs is 2. The molecule has 1 aliphatic carbocycles. The zero-order chi connectivity index (χ0) is 21.3. The van der Waals surface area contributed by atoms with Crippen LogP contribution in [0.25, 0.3) is 11.0 Å². The van der Waals surface area contributed by atoms with Gasteiger partial charge < -0.3 is 14.5 Å². The van der Waals surface area contributed by atoms with Crippen LogP contribution in [-0.4, -0.2) is 11.6 Å². The van der Waals surface area contributed by atoms with Crippen LogP contribution >= 0.6 is 0 Å². The lowest BCUT2D eigenvalue weighted by molar-refractivity contribution is 0.0109. The topological polar surface area (TPSA) is 75.9 Å². The smallest absolute Gasteiger partial charge is 0.339 e. The Morgan fingerprint density at radius 1 is 1.03 bits per heavy atom. The summed E-state index contributed by atoms with van der Waals surface area (Å²) in [6.07, 6.45) is 8.19. The van der Waals surface area contributed by atoms with Crippen LogP contribution in [0.5, 0.6) is 5.75 Å². The van der Waals surface area contributed by atoms with E-state index in [1.807, 2.05) is 49.4 Å². The van der Waals surface area contributed by atoms with Gasteiger partial charge in [0.05, 0.1) is 0 Å². The number of carbonyl (C=O) groups excluding carboxylic acids is 1. The SMILES string of the molecule is Cc1c/c(=N/NC(=O)Nc2ccccc2)oc2cc3c(cc12)CCC1(CCCCC1)O3. The molecule has 2 aromatic carbocycles. The maximum atomic E-state index is 12.1. The molecule has 2 N–H and O–H groups in total. The van der Waals surface area contributed by atoms with Crippen molar-refractivity contribution >= 4 is 22.7 Å². The van der Waals surface area contributed by atoms with Gasteiger partial charge in [0.25, 0.3) is 0 Å². The third kappa shape index (κ3) is 4.15. The molecule has 31 heavy (non-hydrogen) atoms. The Morgan fingerprint density at radius 2 is 1.84 bits per heavy atom. The van der Waals surface area contributed by atoms with Crippen molar-refractivity contribution in [2.75, 3.05) is 5.32 Å². The van der Waals surface area contributed by atoms with E-state index in [2.05, 4.69) is 21.9 Å². The average Bonchev–Trinajstić information content (AvgIpc) is 2.78. The van der Waals surface area contributed by atoms with Crippen LogP contribution in [0.15, 0.2) is 58.0 Å². The third-order valence-corrected chi connectivity index (χ3v) is 6.38. The zero-order valence-electron chi connectivity index (χ0n) is 17.7. The first-order valence-electron chi connectivity index (χ1n) is 11.0. The van der Waals surface area contributed by atoms with Crippen LogP contribution in [0, 0.1) is 6.92 Å². The van der Waals surface area contributed by atoms with Crippen LogP contribution in [0.3, 0.4) is 0 Å². The Kier molecular flexibility index (Phi) is 5.14. The summed E-state index contributed by atoms with van der Waals surface area (Å²) in [7, 11) is 0. The number of benzene rings is 2. The molecule has 0 bridgehead atoms. The molecule has 6 heteroatoms. The molecule has 0 atom stereocenters. The molecule has 1 spiro atoms. The lowest BCUT2D eigenvalue weighted by atomic mass is 9.79. The second kappa shape index (κ2) is 8.10. The van der Waals surface area contributed by atoms with Gasteiger partial charge in [-0.1, -0.05) is 24.6 Å². The number of amides is 2. The summed E-state index contributed by atoms with van der Waals surface area (Å²) in [4.78, 5) is 12.1. The van der Waals surface area contributed by atoms with Crippen LogP contribution in [-0.2, 0) is 6.42 Å². The Morgan fingerprint density at radius 3 is 2.65 bits per heavy atom. The molecule has 1 saturated carbocycles. The number of hydrogen-bond donors (Lipinski definition) is 2. The summed E-state index contributed by atoms with van der Waals surface area (Å²) < 4.78 is 12.5. The summed E-state index contributed by atoms with van der Waals surface area (Å²) in [5, 5.41) is 7.92. The molecule has 2 heterocycles. The molecule has 6 nitrogen and oxygen atoms in total. The first-order valence-corrected chi connectivity index (χ1v) is 11.0. The zero-order valence-corrected chi connectivity index (χ0v) is 17.7. The monoisotopic (exact) mass is 417 g/mol. The van der Waals surface area contributed by atoms with Crippen LogP contribution in [0.4, 0.5) is 10.5 Å². The van der Waals surface area contributed by atoms with Gasteiger partial charge in [0.1, 0.15) is 16.9 Å². The van der Waals surface area contributed by atoms with Crippen LogP contribution in [0.1, 0.15) is 49.7 Å². The van der Waals surface area contributed by atoms with Gasteiger partial charge in [-0.05, 0) is 74.8 Å². The molecular formula is C25H27N3O3. The van der Waals surface area contributed by atoms with E-state index in [1.165, 1.54) is 24.8 Å². The lowest BCUT2D eigenvalue weighted by Crippen LogP contribution is -2.41.